The third-order valence-electron chi connectivity index (χ3n) is 4.01. The van der Waals surface area contributed by atoms with Crippen LogP contribution in [0.15, 0.2) is 69.5 Å². The molecule has 0 fully saturated rings. The number of hydrogen-bond acceptors (Lipinski definition) is 5. The van der Waals surface area contributed by atoms with Gasteiger partial charge in [-0.25, -0.2) is 9.98 Å². The van der Waals surface area contributed by atoms with Crippen molar-refractivity contribution in [1.29, 1.82) is 0 Å². The van der Waals surface area contributed by atoms with Crippen molar-refractivity contribution >= 4 is 50.6 Å². The van der Waals surface area contributed by atoms with Crippen LogP contribution in [0.25, 0.3) is 11.0 Å². The lowest BCUT2D eigenvalue weighted by atomic mass is 10.1. The highest BCUT2D eigenvalue weighted by atomic mass is 35.5. The molecule has 1 N–H and O–H groups in total. The lowest BCUT2D eigenvalue weighted by molar-refractivity contribution is -0.137. The fraction of sp³-hybridized carbons (Fsp3) is 0.0500. The van der Waals surface area contributed by atoms with Gasteiger partial charge in [-0.2, -0.15) is 13.2 Å². The topological polar surface area (TPSA) is 67.5 Å². The predicted octanol–water partition coefficient (Wildman–Crippen LogP) is 6.05. The highest BCUT2D eigenvalue weighted by Gasteiger charge is 2.30. The summed E-state index contributed by atoms with van der Waals surface area (Å²) in [7, 11) is 0. The number of amides is 1. The van der Waals surface area contributed by atoms with Crippen molar-refractivity contribution < 1.29 is 22.4 Å². The summed E-state index contributed by atoms with van der Waals surface area (Å²) in [4.78, 5) is 21.0. The van der Waals surface area contributed by atoms with Crippen molar-refractivity contribution in [2.45, 2.75) is 6.18 Å². The van der Waals surface area contributed by atoms with Crippen LogP contribution in [0.1, 0.15) is 15.9 Å². The van der Waals surface area contributed by atoms with Crippen molar-refractivity contribution in [3.05, 3.63) is 81.8 Å². The monoisotopic (exact) mass is 449 g/mol. The fourth-order valence-electron chi connectivity index (χ4n) is 2.67. The van der Waals surface area contributed by atoms with E-state index in [1.165, 1.54) is 35.7 Å². The molecule has 2 aromatic carbocycles. The van der Waals surface area contributed by atoms with E-state index in [0.29, 0.717) is 21.1 Å². The van der Waals surface area contributed by atoms with Gasteiger partial charge in [0.05, 0.1) is 11.3 Å². The normalized spacial score (nSPS) is 12.3. The molecule has 152 valence electrons. The van der Waals surface area contributed by atoms with Gasteiger partial charge in [0, 0.05) is 22.0 Å². The Hall–Kier alpha value is -3.17. The van der Waals surface area contributed by atoms with Gasteiger partial charge in [0.2, 0.25) is 5.55 Å². The molecule has 30 heavy (non-hydrogen) atoms. The van der Waals surface area contributed by atoms with Crippen LogP contribution in [0.2, 0.25) is 5.02 Å². The smallest absolute Gasteiger partial charge is 0.416 e. The van der Waals surface area contributed by atoms with Gasteiger partial charge in [0.25, 0.3) is 5.91 Å². The maximum Gasteiger partial charge on any atom is 0.416 e. The first-order valence-electron chi connectivity index (χ1n) is 8.46. The van der Waals surface area contributed by atoms with Crippen LogP contribution >= 0.6 is 22.9 Å². The molecule has 5 nitrogen and oxygen atoms in total. The molecule has 4 aromatic rings. The summed E-state index contributed by atoms with van der Waals surface area (Å²) >= 11 is 7.23. The Labute approximate surface area is 176 Å². The van der Waals surface area contributed by atoms with E-state index >= 15 is 0 Å². The average Bonchev–Trinajstić information content (AvgIpc) is 3.20. The second-order valence-electron chi connectivity index (χ2n) is 6.10. The van der Waals surface area contributed by atoms with Crippen LogP contribution in [0, 0.1) is 0 Å². The van der Waals surface area contributed by atoms with Gasteiger partial charge in [0.1, 0.15) is 11.1 Å². The van der Waals surface area contributed by atoms with Crippen LogP contribution in [0.5, 0.6) is 0 Å². The standard InChI is InChI=1S/C20H11ClF3N3O2S/c21-13-4-5-16-11(8-13)9-15(17(28)27-19-25-6-7-30-19)18(29-16)26-14-3-1-2-12(10-14)20(22,23)24/h1-10H,(H,25,27,28). The van der Waals surface area contributed by atoms with E-state index in [4.69, 9.17) is 16.0 Å². The zero-order valence-electron chi connectivity index (χ0n) is 14.9. The van der Waals surface area contributed by atoms with E-state index in [1.54, 1.807) is 23.6 Å². The molecule has 2 heterocycles. The summed E-state index contributed by atoms with van der Waals surface area (Å²) in [5, 5.41) is 5.63. The summed E-state index contributed by atoms with van der Waals surface area (Å²) in [6, 6.07) is 10.7. The number of benzene rings is 2. The Morgan fingerprint density at radius 3 is 2.73 bits per heavy atom. The maximum absolute atomic E-state index is 13.0. The third kappa shape index (κ3) is 4.37. The number of anilines is 1. The van der Waals surface area contributed by atoms with Crippen LogP contribution in [-0.2, 0) is 6.18 Å². The number of hydrogen-bond donors (Lipinski definition) is 1. The Morgan fingerprint density at radius 1 is 1.17 bits per heavy atom. The molecule has 0 saturated heterocycles. The lowest BCUT2D eigenvalue weighted by Crippen LogP contribution is -2.21. The minimum absolute atomic E-state index is 0.00909. The number of rotatable bonds is 3. The van der Waals surface area contributed by atoms with Crippen molar-refractivity contribution in [2.75, 3.05) is 5.32 Å². The van der Waals surface area contributed by atoms with Gasteiger partial charge < -0.3 is 4.42 Å². The summed E-state index contributed by atoms with van der Waals surface area (Å²) in [5.41, 5.74) is -0.609. The van der Waals surface area contributed by atoms with Crippen LogP contribution in [-0.4, -0.2) is 10.9 Å². The van der Waals surface area contributed by atoms with Gasteiger partial charge in [-0.1, -0.05) is 17.7 Å². The van der Waals surface area contributed by atoms with E-state index in [2.05, 4.69) is 15.3 Å². The van der Waals surface area contributed by atoms with Crippen LogP contribution in [0.4, 0.5) is 24.0 Å². The number of nitrogens with zero attached hydrogens (tertiary/aromatic N) is 2. The predicted molar refractivity (Wildman–Crippen MR) is 108 cm³/mol. The van der Waals surface area contributed by atoms with E-state index in [9.17, 15) is 18.0 Å². The van der Waals surface area contributed by atoms with Crippen LogP contribution in [0.3, 0.4) is 0 Å². The molecule has 1 amide bonds. The molecule has 0 radical (unpaired) electrons. The molecule has 0 aliphatic rings. The van der Waals surface area contributed by atoms with Gasteiger partial charge in [-0.05, 0) is 42.5 Å². The molecule has 0 unspecified atom stereocenters. The van der Waals surface area contributed by atoms with Crippen molar-refractivity contribution in [1.82, 2.24) is 4.98 Å². The zero-order chi connectivity index (χ0) is 21.3. The summed E-state index contributed by atoms with van der Waals surface area (Å²) in [5.74, 6) is -0.568. The molecule has 0 saturated carbocycles. The molecule has 0 aliphatic heterocycles. The minimum atomic E-state index is -4.52. The number of halogens is 4. The Kier molecular flexibility index (Phi) is 5.31. The Bertz CT molecular complexity index is 1300. The highest BCUT2D eigenvalue weighted by molar-refractivity contribution is 7.13. The second-order valence-corrected chi connectivity index (χ2v) is 7.43. The number of carbonyl (C=O) groups is 1. The van der Waals surface area contributed by atoms with Crippen molar-refractivity contribution in [2.24, 2.45) is 4.99 Å². The molecule has 0 aliphatic carbocycles. The third-order valence-corrected chi connectivity index (χ3v) is 4.93. The largest absolute Gasteiger partial charge is 0.438 e. The molecular weight excluding hydrogens is 439 g/mol. The van der Waals surface area contributed by atoms with E-state index in [1.807, 2.05) is 0 Å². The number of aromatic nitrogens is 1. The molecule has 0 bridgehead atoms. The molecule has 0 spiro atoms. The Morgan fingerprint density at radius 2 is 2.00 bits per heavy atom. The molecule has 2 aromatic heterocycles. The van der Waals surface area contributed by atoms with Gasteiger partial charge in [-0.15, -0.1) is 11.3 Å². The second kappa shape index (κ2) is 7.92. The number of nitrogens with one attached hydrogen (secondary N) is 1. The first-order valence-corrected chi connectivity index (χ1v) is 9.71. The summed E-state index contributed by atoms with van der Waals surface area (Å²) < 4.78 is 44.8. The minimum Gasteiger partial charge on any atom is -0.438 e. The highest BCUT2D eigenvalue weighted by Crippen LogP contribution is 2.31. The molecule has 10 heteroatoms. The van der Waals surface area contributed by atoms with Crippen molar-refractivity contribution in [3.63, 3.8) is 0 Å². The van der Waals surface area contributed by atoms with E-state index < -0.39 is 17.6 Å². The SMILES string of the molecule is O=C(Nc1nccs1)c1cc2cc(Cl)ccc2oc1=Nc1cccc(C(F)(F)F)c1. The van der Waals surface area contributed by atoms with Gasteiger partial charge in [-0.3, -0.25) is 10.1 Å². The number of thiazole rings is 1. The quantitative estimate of drug-likeness (QED) is 0.414. The summed E-state index contributed by atoms with van der Waals surface area (Å²) in [6.07, 6.45) is -2.99. The summed E-state index contributed by atoms with van der Waals surface area (Å²) in [6.45, 7) is 0. The molecule has 0 atom stereocenters. The van der Waals surface area contributed by atoms with Gasteiger partial charge in [0.15, 0.2) is 5.13 Å². The number of fused-ring (bicyclic) bond motifs is 1. The zero-order valence-corrected chi connectivity index (χ0v) is 16.5. The molecule has 4 rings (SSSR count). The van der Waals surface area contributed by atoms with E-state index in [0.717, 1.165) is 12.1 Å². The lowest BCUT2D eigenvalue weighted by Gasteiger charge is -2.07. The van der Waals surface area contributed by atoms with Crippen molar-refractivity contribution in [3.8, 4) is 0 Å². The fourth-order valence-corrected chi connectivity index (χ4v) is 3.37. The first-order chi connectivity index (χ1) is 14.3. The number of alkyl halides is 3. The van der Waals surface area contributed by atoms with E-state index in [-0.39, 0.29) is 16.8 Å². The van der Waals surface area contributed by atoms with Crippen LogP contribution < -0.4 is 10.9 Å². The molecular formula is C20H11ClF3N3O2S. The number of carbonyl (C=O) groups excluding carboxylic acids is 1. The van der Waals surface area contributed by atoms with Gasteiger partial charge >= 0.3 is 6.18 Å². The Balaban J connectivity index is 1.88. The first kappa shape index (κ1) is 20.1. The average molecular weight is 450 g/mol. The maximum atomic E-state index is 13.0.